The van der Waals surface area contributed by atoms with Gasteiger partial charge in [-0.05, 0) is 37.6 Å². The topological polar surface area (TPSA) is 74.8 Å². The summed E-state index contributed by atoms with van der Waals surface area (Å²) in [5, 5.41) is 9.76. The van der Waals surface area contributed by atoms with Crippen molar-refractivity contribution in [1.82, 2.24) is 24.5 Å². The Labute approximate surface area is 162 Å². The van der Waals surface area contributed by atoms with Crippen LogP contribution in [0, 0.1) is 0 Å². The molecule has 0 fully saturated rings. The van der Waals surface area contributed by atoms with Gasteiger partial charge in [-0.15, -0.1) is 0 Å². The number of benzene rings is 1. The van der Waals surface area contributed by atoms with Crippen LogP contribution in [-0.4, -0.2) is 31.2 Å². The van der Waals surface area contributed by atoms with Gasteiger partial charge < -0.3 is 4.74 Å². The first-order chi connectivity index (χ1) is 13.7. The van der Waals surface area contributed by atoms with E-state index in [-0.39, 0.29) is 5.43 Å². The number of rotatable bonds is 6. The van der Waals surface area contributed by atoms with Crippen LogP contribution in [-0.2, 0) is 13.0 Å². The zero-order valence-corrected chi connectivity index (χ0v) is 15.9. The molecular formula is C21H21N5O2. The molecule has 0 aliphatic carbocycles. The molecule has 0 unspecified atom stereocenters. The summed E-state index contributed by atoms with van der Waals surface area (Å²) in [4.78, 5) is 16.8. The molecule has 0 bridgehead atoms. The third-order valence-electron chi connectivity index (χ3n) is 4.49. The van der Waals surface area contributed by atoms with Crippen LogP contribution < -0.4 is 10.2 Å². The highest BCUT2D eigenvalue weighted by Crippen LogP contribution is 2.20. The molecule has 4 aromatic rings. The fourth-order valence-electron chi connectivity index (χ4n) is 3.07. The van der Waals surface area contributed by atoms with Crippen LogP contribution in [0.1, 0.15) is 25.1 Å². The van der Waals surface area contributed by atoms with E-state index in [1.807, 2.05) is 49.0 Å². The summed E-state index contributed by atoms with van der Waals surface area (Å²) in [7, 11) is 0. The van der Waals surface area contributed by atoms with Crippen molar-refractivity contribution in [3.63, 3.8) is 0 Å². The van der Waals surface area contributed by atoms with E-state index >= 15 is 0 Å². The summed E-state index contributed by atoms with van der Waals surface area (Å²) >= 11 is 0. The minimum Gasteiger partial charge on any atom is -0.492 e. The zero-order chi connectivity index (χ0) is 19.5. The van der Waals surface area contributed by atoms with Crippen molar-refractivity contribution in [3.8, 4) is 11.4 Å². The van der Waals surface area contributed by atoms with Crippen molar-refractivity contribution in [2.24, 2.45) is 0 Å². The molecule has 0 atom stereocenters. The lowest BCUT2D eigenvalue weighted by atomic mass is 10.1. The van der Waals surface area contributed by atoms with Gasteiger partial charge in [-0.25, -0.2) is 4.68 Å². The van der Waals surface area contributed by atoms with E-state index in [1.165, 1.54) is 0 Å². The van der Waals surface area contributed by atoms with Gasteiger partial charge in [0.25, 0.3) is 0 Å². The third kappa shape index (κ3) is 3.64. The zero-order valence-electron chi connectivity index (χ0n) is 15.9. The second-order valence-corrected chi connectivity index (χ2v) is 6.43. The van der Waals surface area contributed by atoms with Crippen LogP contribution in [0.4, 0.5) is 0 Å². The van der Waals surface area contributed by atoms with Crippen LogP contribution in [0.3, 0.4) is 0 Å². The monoisotopic (exact) mass is 375 g/mol. The molecule has 4 rings (SSSR count). The van der Waals surface area contributed by atoms with E-state index in [1.54, 1.807) is 29.3 Å². The number of aryl methyl sites for hydroxylation is 1. The molecule has 28 heavy (non-hydrogen) atoms. The Bertz CT molecular complexity index is 1180. The first kappa shape index (κ1) is 17.9. The van der Waals surface area contributed by atoms with Crippen molar-refractivity contribution in [1.29, 1.82) is 0 Å². The molecule has 0 N–H and O–H groups in total. The van der Waals surface area contributed by atoms with Crippen molar-refractivity contribution in [3.05, 3.63) is 76.6 Å². The van der Waals surface area contributed by atoms with Gasteiger partial charge in [0.1, 0.15) is 17.1 Å². The first-order valence-corrected chi connectivity index (χ1v) is 9.29. The molecule has 0 radical (unpaired) electrons. The molecule has 3 heterocycles. The molecule has 7 heteroatoms. The number of nitrogens with zero attached hydrogens (tertiary/aromatic N) is 5. The predicted octanol–water partition coefficient (Wildman–Crippen LogP) is 2.99. The second-order valence-electron chi connectivity index (χ2n) is 6.43. The third-order valence-corrected chi connectivity index (χ3v) is 4.49. The predicted molar refractivity (Wildman–Crippen MR) is 107 cm³/mol. The Morgan fingerprint density at radius 2 is 2.00 bits per heavy atom. The van der Waals surface area contributed by atoms with Crippen molar-refractivity contribution < 1.29 is 4.74 Å². The molecule has 3 aromatic heterocycles. The van der Waals surface area contributed by atoms with Crippen molar-refractivity contribution in [2.45, 2.75) is 26.8 Å². The van der Waals surface area contributed by atoms with Gasteiger partial charge in [-0.3, -0.25) is 14.5 Å². The fourth-order valence-corrected chi connectivity index (χ4v) is 3.07. The maximum atomic E-state index is 12.3. The largest absolute Gasteiger partial charge is 0.492 e. The lowest BCUT2D eigenvalue weighted by Gasteiger charge is -2.07. The SMILES string of the molecule is CCOc1cnc2ccc(Cc3nn(-c4cnn(CC)c4)ccc3=O)cc2c1. The van der Waals surface area contributed by atoms with Gasteiger partial charge >= 0.3 is 0 Å². The lowest BCUT2D eigenvalue weighted by molar-refractivity contribution is 0.339. The number of hydrogen-bond acceptors (Lipinski definition) is 5. The normalized spacial score (nSPS) is 11.1. The maximum absolute atomic E-state index is 12.3. The molecule has 0 aliphatic rings. The smallest absolute Gasteiger partial charge is 0.203 e. The number of pyridine rings is 1. The number of aromatic nitrogens is 5. The van der Waals surface area contributed by atoms with E-state index in [9.17, 15) is 4.79 Å². The fraction of sp³-hybridized carbons (Fsp3) is 0.238. The lowest BCUT2D eigenvalue weighted by Crippen LogP contribution is -2.16. The molecule has 0 aliphatic heterocycles. The minimum absolute atomic E-state index is 0.0829. The Hall–Kier alpha value is -3.48. The Morgan fingerprint density at radius 3 is 2.79 bits per heavy atom. The van der Waals surface area contributed by atoms with Gasteiger partial charge in [0.2, 0.25) is 5.43 Å². The highest BCUT2D eigenvalue weighted by molar-refractivity contribution is 5.80. The first-order valence-electron chi connectivity index (χ1n) is 9.29. The highest BCUT2D eigenvalue weighted by Gasteiger charge is 2.08. The Balaban J connectivity index is 1.66. The quantitative estimate of drug-likeness (QED) is 0.518. The minimum atomic E-state index is -0.0829. The maximum Gasteiger partial charge on any atom is 0.203 e. The average Bonchev–Trinajstić information content (AvgIpc) is 3.19. The molecule has 0 saturated heterocycles. The van der Waals surface area contributed by atoms with Gasteiger partial charge in [0.15, 0.2) is 0 Å². The van der Waals surface area contributed by atoms with E-state index in [4.69, 9.17) is 4.74 Å². The van der Waals surface area contributed by atoms with E-state index in [0.717, 1.165) is 34.4 Å². The summed E-state index contributed by atoms with van der Waals surface area (Å²) in [5.74, 6) is 0.736. The second kappa shape index (κ2) is 7.64. The molecule has 0 amide bonds. The van der Waals surface area contributed by atoms with Crippen molar-refractivity contribution in [2.75, 3.05) is 6.61 Å². The van der Waals surface area contributed by atoms with Crippen LogP contribution >= 0.6 is 0 Å². The number of fused-ring (bicyclic) bond motifs is 1. The van der Waals surface area contributed by atoms with Gasteiger partial charge in [-0.1, -0.05) is 6.07 Å². The van der Waals surface area contributed by atoms with Crippen LogP contribution in [0.15, 0.2) is 59.9 Å². The molecule has 142 valence electrons. The Morgan fingerprint density at radius 1 is 1.11 bits per heavy atom. The van der Waals surface area contributed by atoms with Crippen molar-refractivity contribution >= 4 is 10.9 Å². The van der Waals surface area contributed by atoms with E-state index < -0.39 is 0 Å². The number of hydrogen-bond donors (Lipinski definition) is 0. The van der Waals surface area contributed by atoms with Gasteiger partial charge in [0.05, 0.1) is 30.7 Å². The van der Waals surface area contributed by atoms with E-state index in [2.05, 4.69) is 15.2 Å². The highest BCUT2D eigenvalue weighted by atomic mass is 16.5. The molecule has 0 saturated carbocycles. The summed E-state index contributed by atoms with van der Waals surface area (Å²) in [6.07, 6.45) is 7.47. The van der Waals surface area contributed by atoms with Gasteiger partial charge in [0, 0.05) is 30.6 Å². The summed E-state index contributed by atoms with van der Waals surface area (Å²) < 4.78 is 9.04. The van der Waals surface area contributed by atoms with Crippen LogP contribution in [0.25, 0.3) is 16.6 Å². The summed E-state index contributed by atoms with van der Waals surface area (Å²) in [6.45, 7) is 5.33. The molecule has 1 aromatic carbocycles. The van der Waals surface area contributed by atoms with E-state index in [0.29, 0.717) is 18.7 Å². The average molecular weight is 375 g/mol. The standard InChI is InChI=1S/C21H21N5O2/c1-3-25-14-17(12-23-25)26-8-7-21(27)20(24-26)10-15-5-6-19-16(9-15)11-18(13-22-19)28-4-2/h5-9,11-14H,3-4,10H2,1-2H3. The summed E-state index contributed by atoms with van der Waals surface area (Å²) in [5.41, 5.74) is 3.11. The summed E-state index contributed by atoms with van der Waals surface area (Å²) in [6, 6.07) is 9.46. The molecular weight excluding hydrogens is 354 g/mol. The Kier molecular flexibility index (Phi) is 4.89. The van der Waals surface area contributed by atoms with Crippen LogP contribution in [0.2, 0.25) is 0 Å². The van der Waals surface area contributed by atoms with Gasteiger partial charge in [-0.2, -0.15) is 10.2 Å². The molecule has 7 nitrogen and oxygen atoms in total. The molecule has 0 spiro atoms. The van der Waals surface area contributed by atoms with Crippen LogP contribution in [0.5, 0.6) is 5.75 Å². The number of ether oxygens (including phenoxy) is 1.